The van der Waals surface area contributed by atoms with Crippen molar-refractivity contribution in [2.24, 2.45) is 0 Å². The lowest BCUT2D eigenvalue weighted by Crippen LogP contribution is -2.48. The molecule has 0 amide bonds. The molecule has 6 rings (SSSR count). The molecule has 3 aromatic heterocycles. The van der Waals surface area contributed by atoms with Crippen LogP contribution >= 0.6 is 11.3 Å². The molecule has 0 radical (unpaired) electrons. The molecule has 0 unspecified atom stereocenters. The summed E-state index contributed by atoms with van der Waals surface area (Å²) in [6, 6.07) is 16.2. The number of hydrogen-bond acceptors (Lipinski definition) is 7. The van der Waals surface area contributed by atoms with E-state index in [0.29, 0.717) is 53.3 Å². The van der Waals surface area contributed by atoms with Gasteiger partial charge in [-0.1, -0.05) is 35.6 Å². The fourth-order valence-corrected chi connectivity index (χ4v) is 5.66. The molecule has 1 fully saturated rings. The summed E-state index contributed by atoms with van der Waals surface area (Å²) in [4.78, 5) is 9.95. The van der Waals surface area contributed by atoms with Crippen molar-refractivity contribution in [3.8, 4) is 17.5 Å². The zero-order chi connectivity index (χ0) is 23.9. The fraction of sp³-hybridized carbons (Fsp3) is 0.200. The van der Waals surface area contributed by atoms with Crippen LogP contribution in [0.4, 0.5) is 14.5 Å². The number of anilines is 1. The quantitative estimate of drug-likeness (QED) is 0.374. The third-order valence-electron chi connectivity index (χ3n) is 6.25. The molecule has 1 atom stereocenters. The molecule has 0 bridgehead atoms. The Kier molecular flexibility index (Phi) is 5.46. The molecule has 1 aliphatic heterocycles. The van der Waals surface area contributed by atoms with Crippen molar-refractivity contribution < 1.29 is 18.3 Å². The number of furan rings is 1. The number of nitrogens with zero attached hydrogens (tertiary/aromatic N) is 5. The maximum atomic E-state index is 14.3. The second-order valence-corrected chi connectivity index (χ2v) is 9.33. The average Bonchev–Trinajstić information content (AvgIpc) is 3.60. The van der Waals surface area contributed by atoms with E-state index >= 15 is 0 Å². The molecule has 5 aromatic rings. The highest BCUT2D eigenvalue weighted by Gasteiger charge is 2.32. The van der Waals surface area contributed by atoms with Crippen LogP contribution in [0.5, 0.6) is 5.88 Å². The van der Waals surface area contributed by atoms with Gasteiger partial charge >= 0.3 is 0 Å². The molecule has 35 heavy (non-hydrogen) atoms. The fourth-order valence-electron chi connectivity index (χ4n) is 4.54. The Balaban J connectivity index is 1.34. The first-order valence-electron chi connectivity index (χ1n) is 11.2. The standard InChI is InChI=1S/C25H21F2N5O2S/c26-17-9-7-16(8-10-17)21(31-13-11-30(12-14-31)19-5-2-1-4-18(19)27)22-24(33)32-25(35-22)28-23(29-32)20-6-3-15-34-20/h1-10,15,21,33H,11-14H2/t21-/m0/s1. The summed E-state index contributed by atoms with van der Waals surface area (Å²) < 4.78 is 34.8. The van der Waals surface area contributed by atoms with Crippen molar-refractivity contribution in [3.05, 3.63) is 89.0 Å². The van der Waals surface area contributed by atoms with Gasteiger partial charge in [0.25, 0.3) is 0 Å². The SMILES string of the molecule is Oc1c([C@H](c2ccc(F)cc2)N2CCN(c3ccccc3F)CC2)sc2nc(-c3ccco3)nn12. The van der Waals surface area contributed by atoms with Crippen LogP contribution in [0, 0.1) is 11.6 Å². The Morgan fingerprint density at radius 3 is 2.40 bits per heavy atom. The zero-order valence-electron chi connectivity index (χ0n) is 18.5. The number of halogens is 2. The first kappa shape index (κ1) is 21.8. The molecule has 0 aliphatic carbocycles. The van der Waals surface area contributed by atoms with E-state index in [1.807, 2.05) is 11.0 Å². The molecule has 1 aliphatic rings. The molecule has 10 heteroatoms. The zero-order valence-corrected chi connectivity index (χ0v) is 19.3. The average molecular weight is 494 g/mol. The minimum absolute atomic E-state index is 0.0128. The molecular formula is C25H21F2N5O2S. The van der Waals surface area contributed by atoms with E-state index in [1.54, 1.807) is 42.7 Å². The molecule has 0 saturated carbocycles. The monoisotopic (exact) mass is 493 g/mol. The van der Waals surface area contributed by atoms with Crippen LogP contribution in [-0.2, 0) is 0 Å². The van der Waals surface area contributed by atoms with Crippen molar-refractivity contribution in [2.45, 2.75) is 6.04 Å². The molecule has 4 heterocycles. The van der Waals surface area contributed by atoms with Crippen LogP contribution in [0.25, 0.3) is 16.5 Å². The van der Waals surface area contributed by atoms with Crippen LogP contribution in [0.1, 0.15) is 16.5 Å². The second-order valence-electron chi connectivity index (χ2n) is 8.33. The van der Waals surface area contributed by atoms with Crippen molar-refractivity contribution in [3.63, 3.8) is 0 Å². The summed E-state index contributed by atoms with van der Waals surface area (Å²) in [6.45, 7) is 2.48. The van der Waals surface area contributed by atoms with Gasteiger partial charge in [0, 0.05) is 26.2 Å². The van der Waals surface area contributed by atoms with E-state index in [2.05, 4.69) is 15.0 Å². The van der Waals surface area contributed by atoms with Crippen molar-refractivity contribution in [2.75, 3.05) is 31.1 Å². The van der Waals surface area contributed by atoms with Gasteiger partial charge in [0.1, 0.15) is 11.6 Å². The van der Waals surface area contributed by atoms with E-state index in [0.717, 1.165) is 5.56 Å². The van der Waals surface area contributed by atoms with Gasteiger partial charge < -0.3 is 14.4 Å². The second kappa shape index (κ2) is 8.79. The lowest BCUT2D eigenvalue weighted by Gasteiger charge is -2.40. The normalized spacial score (nSPS) is 15.7. The van der Waals surface area contributed by atoms with E-state index in [9.17, 15) is 13.9 Å². The van der Waals surface area contributed by atoms with Crippen LogP contribution in [-0.4, -0.2) is 50.8 Å². The Bertz CT molecular complexity index is 1460. The van der Waals surface area contributed by atoms with Gasteiger partial charge in [-0.05, 0) is 42.0 Å². The number of piperazine rings is 1. The van der Waals surface area contributed by atoms with E-state index < -0.39 is 0 Å². The van der Waals surface area contributed by atoms with E-state index in [1.165, 1.54) is 34.1 Å². The third-order valence-corrected chi connectivity index (χ3v) is 7.32. The minimum atomic E-state index is -0.334. The lowest BCUT2D eigenvalue weighted by molar-refractivity contribution is 0.210. The predicted molar refractivity (Wildman–Crippen MR) is 129 cm³/mol. The van der Waals surface area contributed by atoms with Crippen LogP contribution < -0.4 is 4.90 Å². The van der Waals surface area contributed by atoms with Gasteiger partial charge in [-0.3, -0.25) is 4.90 Å². The molecular weight excluding hydrogens is 472 g/mol. The van der Waals surface area contributed by atoms with Gasteiger partial charge in [0.15, 0.2) is 5.76 Å². The molecule has 1 saturated heterocycles. The summed E-state index contributed by atoms with van der Waals surface area (Å²) in [5, 5.41) is 15.6. The topological polar surface area (TPSA) is 70.0 Å². The van der Waals surface area contributed by atoms with E-state index in [-0.39, 0.29) is 23.6 Å². The van der Waals surface area contributed by atoms with Crippen LogP contribution in [0.3, 0.4) is 0 Å². The number of para-hydroxylation sites is 1. The first-order valence-corrected chi connectivity index (χ1v) is 12.0. The van der Waals surface area contributed by atoms with E-state index in [4.69, 9.17) is 4.42 Å². The predicted octanol–water partition coefficient (Wildman–Crippen LogP) is 4.95. The third kappa shape index (κ3) is 3.94. The number of aromatic nitrogens is 3. The van der Waals surface area contributed by atoms with Crippen molar-refractivity contribution in [1.29, 1.82) is 0 Å². The number of aromatic hydroxyl groups is 1. The number of hydrogen-bond donors (Lipinski definition) is 1. The van der Waals surface area contributed by atoms with Crippen molar-refractivity contribution >= 4 is 22.0 Å². The maximum absolute atomic E-state index is 14.3. The van der Waals surface area contributed by atoms with Gasteiger partial charge in [-0.2, -0.15) is 9.50 Å². The van der Waals surface area contributed by atoms with Crippen molar-refractivity contribution in [1.82, 2.24) is 19.5 Å². The number of fused-ring (bicyclic) bond motifs is 1. The molecule has 1 N–H and O–H groups in total. The smallest absolute Gasteiger partial charge is 0.230 e. The summed E-state index contributed by atoms with van der Waals surface area (Å²) in [6.07, 6.45) is 1.54. The van der Waals surface area contributed by atoms with Gasteiger partial charge in [0.05, 0.1) is 22.9 Å². The summed E-state index contributed by atoms with van der Waals surface area (Å²) in [5.74, 6) is 0.320. The number of thiazole rings is 1. The maximum Gasteiger partial charge on any atom is 0.230 e. The van der Waals surface area contributed by atoms with Gasteiger partial charge in [-0.25, -0.2) is 8.78 Å². The Hall–Kier alpha value is -3.76. The Morgan fingerprint density at radius 1 is 0.943 bits per heavy atom. The molecule has 7 nitrogen and oxygen atoms in total. The highest BCUT2D eigenvalue weighted by atomic mass is 32.1. The minimum Gasteiger partial charge on any atom is -0.492 e. The lowest BCUT2D eigenvalue weighted by atomic mass is 10.0. The number of benzene rings is 2. The Labute approximate surface area is 203 Å². The highest BCUT2D eigenvalue weighted by Crippen LogP contribution is 2.41. The summed E-state index contributed by atoms with van der Waals surface area (Å²) in [7, 11) is 0. The summed E-state index contributed by atoms with van der Waals surface area (Å²) in [5.41, 5.74) is 1.43. The number of rotatable bonds is 5. The summed E-state index contributed by atoms with van der Waals surface area (Å²) >= 11 is 1.33. The van der Waals surface area contributed by atoms with Crippen LogP contribution in [0.15, 0.2) is 71.3 Å². The van der Waals surface area contributed by atoms with Crippen LogP contribution in [0.2, 0.25) is 0 Å². The Morgan fingerprint density at radius 2 is 1.71 bits per heavy atom. The first-order chi connectivity index (χ1) is 17.1. The highest BCUT2D eigenvalue weighted by molar-refractivity contribution is 7.17. The molecule has 0 spiro atoms. The van der Waals surface area contributed by atoms with Gasteiger partial charge in [0.2, 0.25) is 16.7 Å². The largest absolute Gasteiger partial charge is 0.492 e. The molecule has 178 valence electrons. The molecule has 2 aromatic carbocycles. The van der Waals surface area contributed by atoms with Gasteiger partial charge in [-0.15, -0.1) is 5.10 Å².